The van der Waals surface area contributed by atoms with Crippen LogP contribution in [-0.4, -0.2) is 32.6 Å². The maximum atomic E-state index is 12.0. The van der Waals surface area contributed by atoms with Crippen LogP contribution in [0.2, 0.25) is 0 Å². The molecular formula is C11H17N3O3S. The molecule has 6 nitrogen and oxygen atoms in total. The Morgan fingerprint density at radius 2 is 2.11 bits per heavy atom. The second-order valence-corrected chi connectivity index (χ2v) is 4.83. The van der Waals surface area contributed by atoms with Gasteiger partial charge in [-0.05, 0) is 23.9 Å². The van der Waals surface area contributed by atoms with Gasteiger partial charge in [0.05, 0.1) is 5.69 Å². The molecule has 7 heteroatoms. The van der Waals surface area contributed by atoms with Gasteiger partial charge in [0.25, 0.3) is 5.91 Å². The molecule has 1 unspecified atom stereocenters. The molecular weight excluding hydrogens is 254 g/mol. The third-order valence-electron chi connectivity index (χ3n) is 2.86. The number of carboxylic acids is 1. The van der Waals surface area contributed by atoms with Crippen LogP contribution >= 0.6 is 11.5 Å². The van der Waals surface area contributed by atoms with Crippen molar-refractivity contribution in [3.63, 3.8) is 0 Å². The highest BCUT2D eigenvalue weighted by Crippen LogP contribution is 2.13. The van der Waals surface area contributed by atoms with Crippen molar-refractivity contribution in [1.82, 2.24) is 14.9 Å². The Labute approximate surface area is 110 Å². The smallest absolute Gasteiger partial charge is 0.326 e. The molecule has 0 saturated heterocycles. The van der Waals surface area contributed by atoms with Crippen molar-refractivity contribution in [2.75, 3.05) is 0 Å². The number of hydrogen-bond acceptors (Lipinski definition) is 5. The summed E-state index contributed by atoms with van der Waals surface area (Å²) in [7, 11) is 0. The molecule has 0 aliphatic rings. The van der Waals surface area contributed by atoms with Gasteiger partial charge in [0, 0.05) is 0 Å². The van der Waals surface area contributed by atoms with E-state index in [2.05, 4.69) is 14.9 Å². The number of nitrogens with zero attached hydrogens (tertiary/aromatic N) is 2. The van der Waals surface area contributed by atoms with Crippen molar-refractivity contribution in [3.8, 4) is 0 Å². The van der Waals surface area contributed by atoms with Gasteiger partial charge in [-0.15, -0.1) is 5.10 Å². The second kappa shape index (κ2) is 6.44. The minimum Gasteiger partial charge on any atom is -0.480 e. The Hall–Kier alpha value is -1.50. The number of carboxylic acid groups (broad SMARTS) is 1. The largest absolute Gasteiger partial charge is 0.480 e. The van der Waals surface area contributed by atoms with Crippen LogP contribution in [0.5, 0.6) is 0 Å². The van der Waals surface area contributed by atoms with Gasteiger partial charge in [0.2, 0.25) is 0 Å². The Kier molecular flexibility index (Phi) is 5.21. The Bertz CT molecular complexity index is 433. The van der Waals surface area contributed by atoms with Gasteiger partial charge in [-0.25, -0.2) is 4.79 Å². The maximum Gasteiger partial charge on any atom is 0.326 e. The van der Waals surface area contributed by atoms with Crippen molar-refractivity contribution in [3.05, 3.63) is 10.6 Å². The number of carbonyl (C=O) groups excluding carboxylic acids is 1. The van der Waals surface area contributed by atoms with Crippen LogP contribution < -0.4 is 5.32 Å². The van der Waals surface area contributed by atoms with Gasteiger partial charge < -0.3 is 10.4 Å². The van der Waals surface area contributed by atoms with E-state index in [1.165, 1.54) is 0 Å². The number of aryl methyl sites for hydroxylation is 1. The number of hydrogen-bond donors (Lipinski definition) is 2. The average molecular weight is 271 g/mol. The van der Waals surface area contributed by atoms with Crippen molar-refractivity contribution < 1.29 is 14.7 Å². The average Bonchev–Trinajstić information content (AvgIpc) is 2.82. The standard InChI is InChI=1S/C11H17N3O3S/c1-4-6(3)8(11(16)17)12-10(15)9-7(5-2)13-14-18-9/h6,8H,4-5H2,1-3H3,(H,12,15)(H,16,17)/t6?,8-/m0/s1. The monoisotopic (exact) mass is 271 g/mol. The van der Waals surface area contributed by atoms with E-state index in [0.717, 1.165) is 11.5 Å². The van der Waals surface area contributed by atoms with Gasteiger partial charge in [0.1, 0.15) is 10.9 Å². The van der Waals surface area contributed by atoms with E-state index in [1.54, 1.807) is 6.92 Å². The van der Waals surface area contributed by atoms with Gasteiger partial charge in [-0.3, -0.25) is 4.79 Å². The number of amides is 1. The van der Waals surface area contributed by atoms with Gasteiger partial charge in [-0.1, -0.05) is 31.7 Å². The fourth-order valence-electron chi connectivity index (χ4n) is 1.50. The van der Waals surface area contributed by atoms with Gasteiger partial charge >= 0.3 is 5.97 Å². The molecule has 18 heavy (non-hydrogen) atoms. The summed E-state index contributed by atoms with van der Waals surface area (Å²) in [6, 6.07) is -0.880. The molecule has 0 saturated carbocycles. The molecule has 0 bridgehead atoms. The fraction of sp³-hybridized carbons (Fsp3) is 0.636. The number of nitrogens with one attached hydrogen (secondary N) is 1. The van der Waals surface area contributed by atoms with Crippen LogP contribution in [0.15, 0.2) is 0 Å². The number of carbonyl (C=O) groups is 2. The van der Waals surface area contributed by atoms with Crippen LogP contribution in [0.1, 0.15) is 42.6 Å². The molecule has 2 atom stereocenters. The molecule has 1 amide bonds. The Morgan fingerprint density at radius 1 is 1.44 bits per heavy atom. The summed E-state index contributed by atoms with van der Waals surface area (Å²) in [6.07, 6.45) is 1.28. The maximum absolute atomic E-state index is 12.0. The molecule has 0 radical (unpaired) electrons. The highest BCUT2D eigenvalue weighted by molar-refractivity contribution is 7.08. The topological polar surface area (TPSA) is 92.2 Å². The molecule has 1 aromatic rings. The molecule has 0 aliphatic carbocycles. The highest BCUT2D eigenvalue weighted by Gasteiger charge is 2.27. The first-order valence-corrected chi connectivity index (χ1v) is 6.63. The van der Waals surface area contributed by atoms with Crippen molar-refractivity contribution in [1.29, 1.82) is 0 Å². The summed E-state index contributed by atoms with van der Waals surface area (Å²) >= 11 is 0.989. The minimum atomic E-state index is -1.02. The predicted molar refractivity (Wildman–Crippen MR) is 67.6 cm³/mol. The summed E-state index contributed by atoms with van der Waals surface area (Å²) in [4.78, 5) is 23.5. The molecule has 0 fully saturated rings. The normalized spacial score (nSPS) is 13.9. The van der Waals surface area contributed by atoms with Crippen LogP contribution in [0, 0.1) is 5.92 Å². The molecule has 0 aromatic carbocycles. The third-order valence-corrected chi connectivity index (χ3v) is 3.63. The molecule has 0 spiro atoms. The van der Waals surface area contributed by atoms with Crippen LogP contribution in [0.25, 0.3) is 0 Å². The lowest BCUT2D eigenvalue weighted by Crippen LogP contribution is -2.45. The van der Waals surface area contributed by atoms with Crippen molar-refractivity contribution >= 4 is 23.4 Å². The van der Waals surface area contributed by atoms with E-state index in [0.29, 0.717) is 23.4 Å². The first-order valence-electron chi connectivity index (χ1n) is 5.86. The van der Waals surface area contributed by atoms with E-state index in [-0.39, 0.29) is 5.92 Å². The molecule has 0 aliphatic heterocycles. The summed E-state index contributed by atoms with van der Waals surface area (Å²) in [5.74, 6) is -1.56. The summed E-state index contributed by atoms with van der Waals surface area (Å²) < 4.78 is 3.71. The predicted octanol–water partition coefficient (Wildman–Crippen LogP) is 1.33. The zero-order valence-corrected chi connectivity index (χ0v) is 11.5. The molecule has 100 valence electrons. The first-order chi connectivity index (χ1) is 8.51. The molecule has 1 heterocycles. The van der Waals surface area contributed by atoms with Crippen molar-refractivity contribution in [2.24, 2.45) is 5.92 Å². The van der Waals surface area contributed by atoms with Crippen molar-refractivity contribution in [2.45, 2.75) is 39.7 Å². The number of rotatable bonds is 6. The molecule has 1 rings (SSSR count). The van der Waals surface area contributed by atoms with E-state index < -0.39 is 17.9 Å². The van der Waals surface area contributed by atoms with Crippen LogP contribution in [0.4, 0.5) is 0 Å². The first kappa shape index (κ1) is 14.6. The lowest BCUT2D eigenvalue weighted by Gasteiger charge is -2.19. The van der Waals surface area contributed by atoms with Gasteiger partial charge in [-0.2, -0.15) is 0 Å². The second-order valence-electron chi connectivity index (χ2n) is 4.08. The van der Waals surface area contributed by atoms with Crippen LogP contribution in [0.3, 0.4) is 0 Å². The Morgan fingerprint density at radius 3 is 2.61 bits per heavy atom. The number of aromatic nitrogens is 2. The minimum absolute atomic E-state index is 0.127. The highest BCUT2D eigenvalue weighted by atomic mass is 32.1. The van der Waals surface area contributed by atoms with E-state index >= 15 is 0 Å². The molecule has 1 aromatic heterocycles. The van der Waals surface area contributed by atoms with E-state index in [1.807, 2.05) is 13.8 Å². The quantitative estimate of drug-likeness (QED) is 0.814. The number of aliphatic carboxylic acids is 1. The fourth-order valence-corrected chi connectivity index (χ4v) is 2.16. The lowest BCUT2D eigenvalue weighted by molar-refractivity contribution is -0.140. The summed E-state index contributed by atoms with van der Waals surface area (Å²) in [6.45, 7) is 5.56. The lowest BCUT2D eigenvalue weighted by atomic mass is 9.99. The van der Waals surface area contributed by atoms with E-state index in [9.17, 15) is 9.59 Å². The Balaban J connectivity index is 2.82. The zero-order valence-electron chi connectivity index (χ0n) is 10.6. The van der Waals surface area contributed by atoms with Crippen LogP contribution in [-0.2, 0) is 11.2 Å². The SMILES string of the molecule is CCc1nnsc1C(=O)N[C@H](C(=O)O)C(C)CC. The summed E-state index contributed by atoms with van der Waals surface area (Å²) in [5.41, 5.74) is 0.603. The summed E-state index contributed by atoms with van der Waals surface area (Å²) in [5, 5.41) is 15.5. The van der Waals surface area contributed by atoms with Gasteiger partial charge in [0.15, 0.2) is 0 Å². The van der Waals surface area contributed by atoms with E-state index in [4.69, 9.17) is 5.11 Å². The third kappa shape index (κ3) is 3.25. The zero-order chi connectivity index (χ0) is 13.7. The molecule has 2 N–H and O–H groups in total.